The van der Waals surface area contributed by atoms with Crippen LogP contribution in [-0.4, -0.2) is 65.0 Å². The van der Waals surface area contributed by atoms with E-state index < -0.39 is 50.1 Å². The quantitative estimate of drug-likeness (QED) is 0.0363. The molecule has 4 rings (SSSR count). The van der Waals surface area contributed by atoms with Crippen LogP contribution in [0.25, 0.3) is 23.1 Å². The number of hydrogen-bond acceptors (Lipinski definition) is 11. The standard InChI is InChI=1S/C35H42N4O8PS/c1-34(2,3)32(41)43-22-45-47-48(8,46-23-44-33(42)35(4,5)6)39(7)31(40)27-14-9-10-15-30(27)49-25-17-18-26-28(37-38-29(26)21-25)19-16-24-13-11-12-20-36-24/h9-21H,22-23H2,1-8H3,(H,37,38)/q+1/b19-16+. The zero-order valence-corrected chi connectivity index (χ0v) is 30.6. The van der Waals surface area contributed by atoms with Crippen molar-refractivity contribution in [3.8, 4) is 0 Å². The van der Waals surface area contributed by atoms with Crippen molar-refractivity contribution < 1.29 is 37.9 Å². The summed E-state index contributed by atoms with van der Waals surface area (Å²) in [6.07, 6.45) is 5.54. The maximum absolute atomic E-state index is 14.0. The number of nitrogens with zero attached hydrogens (tertiary/aromatic N) is 3. The minimum atomic E-state index is -3.39. The van der Waals surface area contributed by atoms with Crippen molar-refractivity contribution in [2.75, 3.05) is 27.3 Å². The molecule has 0 aliphatic heterocycles. The summed E-state index contributed by atoms with van der Waals surface area (Å²) in [5.41, 5.74) is 1.29. The number of nitrogens with one attached hydrogen (secondary N) is 1. The number of aromatic nitrogens is 3. The third kappa shape index (κ3) is 10.2. The molecule has 49 heavy (non-hydrogen) atoms. The lowest BCUT2D eigenvalue weighted by atomic mass is 9.98. The van der Waals surface area contributed by atoms with Gasteiger partial charge in [-0.05, 0) is 101 Å². The number of carbonyl (C=O) groups is 3. The summed E-state index contributed by atoms with van der Waals surface area (Å²) in [6.45, 7) is 10.7. The van der Waals surface area contributed by atoms with Crippen molar-refractivity contribution in [3.63, 3.8) is 0 Å². The van der Waals surface area contributed by atoms with E-state index in [1.165, 1.54) is 30.1 Å². The molecule has 0 saturated carbocycles. The molecule has 0 saturated heterocycles. The molecule has 260 valence electrons. The van der Waals surface area contributed by atoms with Gasteiger partial charge in [-0.3, -0.25) is 24.5 Å². The number of carbonyl (C=O) groups excluding carboxylic acids is 3. The van der Waals surface area contributed by atoms with E-state index in [1.54, 1.807) is 59.9 Å². The molecule has 1 atom stereocenters. The zero-order valence-electron chi connectivity index (χ0n) is 28.9. The number of fused-ring (bicyclic) bond motifs is 1. The summed E-state index contributed by atoms with van der Waals surface area (Å²) >= 11 is 1.41. The zero-order chi connectivity index (χ0) is 35.8. The molecule has 2 aromatic heterocycles. The fourth-order valence-electron chi connectivity index (χ4n) is 4.01. The smallest absolute Gasteiger partial charge is 0.416 e. The molecule has 1 N–H and O–H groups in total. The molecule has 2 aromatic carbocycles. The van der Waals surface area contributed by atoms with E-state index in [0.717, 1.165) is 27.2 Å². The van der Waals surface area contributed by atoms with Crippen molar-refractivity contribution >= 4 is 60.5 Å². The third-order valence-corrected chi connectivity index (χ3v) is 10.3. The van der Waals surface area contributed by atoms with E-state index in [9.17, 15) is 14.4 Å². The summed E-state index contributed by atoms with van der Waals surface area (Å²) in [4.78, 5) is 49.7. The van der Waals surface area contributed by atoms with Crippen LogP contribution in [0.4, 0.5) is 0 Å². The highest BCUT2D eigenvalue weighted by Crippen LogP contribution is 2.61. The molecule has 2 heterocycles. The Morgan fingerprint density at radius 3 is 2.24 bits per heavy atom. The summed E-state index contributed by atoms with van der Waals surface area (Å²) in [5.74, 6) is -1.43. The molecule has 1 unspecified atom stereocenters. The number of hydrogen-bond donors (Lipinski definition) is 1. The van der Waals surface area contributed by atoms with Gasteiger partial charge in [-0.25, -0.2) is 0 Å². The van der Waals surface area contributed by atoms with Crippen LogP contribution in [0, 0.1) is 10.8 Å². The monoisotopic (exact) mass is 709 g/mol. The highest BCUT2D eigenvalue weighted by molar-refractivity contribution is 7.99. The summed E-state index contributed by atoms with van der Waals surface area (Å²) < 4.78 is 23.2. The number of amides is 1. The fourth-order valence-corrected chi connectivity index (χ4v) is 6.23. The Balaban J connectivity index is 1.52. The largest absolute Gasteiger partial charge is 0.435 e. The first kappa shape index (κ1) is 37.7. The van der Waals surface area contributed by atoms with Crippen molar-refractivity contribution in [1.29, 1.82) is 0 Å². The van der Waals surface area contributed by atoms with Crippen LogP contribution in [0.15, 0.2) is 76.7 Å². The highest BCUT2D eigenvalue weighted by atomic mass is 32.2. The van der Waals surface area contributed by atoms with Crippen LogP contribution in [0.1, 0.15) is 63.3 Å². The Labute approximate surface area is 291 Å². The Morgan fingerprint density at radius 1 is 0.898 bits per heavy atom. The number of benzene rings is 2. The maximum atomic E-state index is 14.0. The minimum Gasteiger partial charge on any atom is -0.435 e. The predicted octanol–water partition coefficient (Wildman–Crippen LogP) is 7.80. The first-order valence-electron chi connectivity index (χ1n) is 15.4. The lowest BCUT2D eigenvalue weighted by Gasteiger charge is -2.26. The number of pyridine rings is 1. The topological polar surface area (TPSA) is 142 Å². The van der Waals surface area contributed by atoms with Crippen molar-refractivity contribution in [2.45, 2.75) is 51.3 Å². The van der Waals surface area contributed by atoms with E-state index in [4.69, 9.17) is 23.6 Å². The summed E-state index contributed by atoms with van der Waals surface area (Å²) in [5, 5.41) is 8.47. The molecule has 0 spiro atoms. The highest BCUT2D eigenvalue weighted by Gasteiger charge is 2.49. The van der Waals surface area contributed by atoms with Crippen LogP contribution in [-0.2, 0) is 33.1 Å². The van der Waals surface area contributed by atoms with Gasteiger partial charge in [0.05, 0.1) is 40.3 Å². The third-order valence-electron chi connectivity index (χ3n) is 6.98. The van der Waals surface area contributed by atoms with Gasteiger partial charge in [-0.2, -0.15) is 14.7 Å². The molecular formula is C35H42N4O8PS+. The average Bonchev–Trinajstić information content (AvgIpc) is 3.47. The molecule has 0 aliphatic rings. The van der Waals surface area contributed by atoms with Crippen LogP contribution in [0.3, 0.4) is 0 Å². The minimum absolute atomic E-state index is 0.378. The molecule has 14 heteroatoms. The second-order valence-electron chi connectivity index (χ2n) is 13.1. The van der Waals surface area contributed by atoms with Crippen molar-refractivity contribution in [1.82, 2.24) is 19.9 Å². The van der Waals surface area contributed by atoms with Gasteiger partial charge < -0.3 is 9.47 Å². The van der Waals surface area contributed by atoms with Gasteiger partial charge in [0.25, 0.3) is 5.91 Å². The van der Waals surface area contributed by atoms with Crippen LogP contribution >= 0.6 is 19.6 Å². The molecular weight excluding hydrogens is 667 g/mol. The first-order valence-corrected chi connectivity index (χ1v) is 18.2. The van der Waals surface area contributed by atoms with E-state index in [1.807, 2.05) is 60.7 Å². The second kappa shape index (κ2) is 16.1. The predicted molar refractivity (Wildman–Crippen MR) is 189 cm³/mol. The Bertz CT molecular complexity index is 1800. The normalized spacial score (nSPS) is 13.3. The number of esters is 2. The summed E-state index contributed by atoms with van der Waals surface area (Å²) in [7, 11) is -1.89. The van der Waals surface area contributed by atoms with E-state index in [-0.39, 0.29) is 0 Å². The van der Waals surface area contributed by atoms with Crippen molar-refractivity contribution in [3.05, 3.63) is 83.8 Å². The van der Waals surface area contributed by atoms with Crippen LogP contribution in [0.5, 0.6) is 0 Å². The van der Waals surface area contributed by atoms with Gasteiger partial charge in [-0.1, -0.05) is 30.0 Å². The lowest BCUT2D eigenvalue weighted by Crippen LogP contribution is -2.32. The summed E-state index contributed by atoms with van der Waals surface area (Å²) in [6, 6.07) is 18.8. The Morgan fingerprint density at radius 2 is 1.57 bits per heavy atom. The van der Waals surface area contributed by atoms with E-state index in [2.05, 4.69) is 15.2 Å². The Kier molecular flexibility index (Phi) is 12.3. The maximum Gasteiger partial charge on any atom is 0.416 e. The van der Waals surface area contributed by atoms with Crippen molar-refractivity contribution in [2.24, 2.45) is 10.8 Å². The van der Waals surface area contributed by atoms with Gasteiger partial charge in [0.2, 0.25) is 13.6 Å². The number of H-pyrrole nitrogens is 1. The van der Waals surface area contributed by atoms with E-state index in [0.29, 0.717) is 10.5 Å². The molecule has 0 radical (unpaired) electrons. The van der Waals surface area contributed by atoms with Crippen LogP contribution in [0.2, 0.25) is 0 Å². The van der Waals surface area contributed by atoms with Crippen LogP contribution < -0.4 is 0 Å². The number of ether oxygens (including phenoxy) is 2. The number of aromatic amines is 1. The van der Waals surface area contributed by atoms with Gasteiger partial charge in [-0.15, -0.1) is 4.52 Å². The fraction of sp³-hybridized carbons (Fsp3) is 0.343. The van der Waals surface area contributed by atoms with Gasteiger partial charge >= 0.3 is 19.8 Å². The average molecular weight is 710 g/mol. The van der Waals surface area contributed by atoms with Gasteiger partial charge in [0, 0.05) is 21.4 Å². The second-order valence-corrected chi connectivity index (χ2v) is 16.8. The SMILES string of the molecule is CN(C(=O)c1ccccc1Sc1ccc2c(/C=C/c3ccccn3)n[nH]c2c1)[P+](C)(OCOC(=O)C(C)(C)C)OOCOC(=O)C(C)(C)C. The van der Waals surface area contributed by atoms with Gasteiger partial charge in [0.1, 0.15) is 6.66 Å². The van der Waals surface area contributed by atoms with E-state index >= 15 is 0 Å². The molecule has 4 aromatic rings. The van der Waals surface area contributed by atoms with Gasteiger partial charge in [0.15, 0.2) is 0 Å². The molecule has 0 fully saturated rings. The molecule has 0 bridgehead atoms. The molecule has 12 nitrogen and oxygen atoms in total. The molecule has 0 aliphatic carbocycles. The first-order chi connectivity index (χ1) is 23.1. The lowest BCUT2D eigenvalue weighted by molar-refractivity contribution is -0.271. The molecule has 1 amide bonds. The Hall–Kier alpha value is -4.13. The number of rotatable bonds is 13.